The molecule has 0 aliphatic carbocycles. The van der Waals surface area contributed by atoms with Crippen LogP contribution < -0.4 is 0 Å². The van der Waals surface area contributed by atoms with Gasteiger partial charge in [0.15, 0.2) is 0 Å². The molecular weight excluding hydrogens is 254 g/mol. The normalized spacial score (nSPS) is 14.2. The molecule has 0 aliphatic rings. The number of hydrogen-bond acceptors (Lipinski definition) is 6. The number of aliphatic hydroxyl groups excluding tert-OH is 2. The van der Waals surface area contributed by atoms with E-state index in [1.54, 1.807) is 12.0 Å². The predicted octanol–water partition coefficient (Wildman–Crippen LogP) is -1.13. The second kappa shape index (κ2) is 11.1. The summed E-state index contributed by atoms with van der Waals surface area (Å²) in [5, 5.41) is 18.0. The standard InChI is InChI=1S/C12H25NO6/c1-10(15)13(4-5-17-2)6-12(9-18-3)19-8-11(16)7-14/h11-12,14,16H,4-9H2,1-3H3. The smallest absolute Gasteiger partial charge is 0.219 e. The minimum Gasteiger partial charge on any atom is -0.394 e. The molecule has 2 unspecified atom stereocenters. The average Bonchev–Trinajstić information content (AvgIpc) is 2.39. The number of rotatable bonds is 11. The lowest BCUT2D eigenvalue weighted by molar-refractivity contribution is -0.133. The molecule has 114 valence electrons. The van der Waals surface area contributed by atoms with E-state index < -0.39 is 6.10 Å². The summed E-state index contributed by atoms with van der Waals surface area (Å²) in [5.74, 6) is -0.0792. The highest BCUT2D eigenvalue weighted by molar-refractivity contribution is 5.73. The topological polar surface area (TPSA) is 88.5 Å². The first kappa shape index (κ1) is 18.3. The Balaban J connectivity index is 4.29. The van der Waals surface area contributed by atoms with Gasteiger partial charge in [-0.1, -0.05) is 0 Å². The van der Waals surface area contributed by atoms with Gasteiger partial charge in [0, 0.05) is 34.2 Å². The van der Waals surface area contributed by atoms with Gasteiger partial charge in [0.25, 0.3) is 0 Å². The zero-order valence-corrected chi connectivity index (χ0v) is 11.9. The van der Waals surface area contributed by atoms with E-state index in [0.29, 0.717) is 26.3 Å². The summed E-state index contributed by atoms with van der Waals surface area (Å²) in [6, 6.07) is 0. The number of ether oxygens (including phenoxy) is 3. The van der Waals surface area contributed by atoms with Crippen LogP contribution in [0.15, 0.2) is 0 Å². The van der Waals surface area contributed by atoms with Crippen molar-refractivity contribution in [2.24, 2.45) is 0 Å². The van der Waals surface area contributed by atoms with Crippen molar-refractivity contribution in [2.75, 3.05) is 53.7 Å². The molecule has 0 saturated heterocycles. The molecule has 19 heavy (non-hydrogen) atoms. The Hall–Kier alpha value is -0.730. The maximum absolute atomic E-state index is 11.5. The number of amides is 1. The van der Waals surface area contributed by atoms with Gasteiger partial charge in [0.2, 0.25) is 5.91 Å². The molecule has 0 spiro atoms. The number of methoxy groups -OCH3 is 2. The van der Waals surface area contributed by atoms with Crippen LogP contribution in [-0.4, -0.2) is 87.0 Å². The van der Waals surface area contributed by atoms with Crippen LogP contribution in [0.1, 0.15) is 6.92 Å². The van der Waals surface area contributed by atoms with Gasteiger partial charge >= 0.3 is 0 Å². The van der Waals surface area contributed by atoms with E-state index >= 15 is 0 Å². The lowest BCUT2D eigenvalue weighted by Crippen LogP contribution is -2.42. The molecule has 7 heteroatoms. The third kappa shape index (κ3) is 8.90. The maximum atomic E-state index is 11.5. The molecule has 0 heterocycles. The molecule has 0 bridgehead atoms. The van der Waals surface area contributed by atoms with Crippen molar-refractivity contribution in [1.29, 1.82) is 0 Å². The van der Waals surface area contributed by atoms with Gasteiger partial charge in [0.05, 0.1) is 32.5 Å². The molecule has 0 radical (unpaired) electrons. The van der Waals surface area contributed by atoms with Crippen LogP contribution in [0.3, 0.4) is 0 Å². The van der Waals surface area contributed by atoms with Gasteiger partial charge < -0.3 is 29.3 Å². The van der Waals surface area contributed by atoms with Crippen molar-refractivity contribution in [3.63, 3.8) is 0 Å². The Kier molecular flexibility index (Phi) is 10.7. The number of carbonyl (C=O) groups excluding carboxylic acids is 1. The van der Waals surface area contributed by atoms with Crippen LogP contribution in [0.5, 0.6) is 0 Å². The highest BCUT2D eigenvalue weighted by atomic mass is 16.5. The monoisotopic (exact) mass is 279 g/mol. The summed E-state index contributed by atoms with van der Waals surface area (Å²) in [6.45, 7) is 2.68. The molecule has 0 aromatic heterocycles. The summed E-state index contributed by atoms with van der Waals surface area (Å²) in [5.41, 5.74) is 0. The molecule has 0 fully saturated rings. The lowest BCUT2D eigenvalue weighted by atomic mass is 10.3. The Bertz CT molecular complexity index is 238. The fourth-order valence-electron chi connectivity index (χ4n) is 1.46. The number of aliphatic hydroxyl groups is 2. The van der Waals surface area contributed by atoms with Crippen molar-refractivity contribution < 1.29 is 29.2 Å². The minimum atomic E-state index is -0.927. The summed E-state index contributed by atoms with van der Waals surface area (Å²) < 4.78 is 15.4. The molecule has 0 aromatic carbocycles. The van der Waals surface area contributed by atoms with Crippen molar-refractivity contribution in [2.45, 2.75) is 19.1 Å². The van der Waals surface area contributed by atoms with Gasteiger partial charge in [0.1, 0.15) is 6.10 Å². The second-order valence-electron chi connectivity index (χ2n) is 4.20. The van der Waals surface area contributed by atoms with Crippen LogP contribution in [0.2, 0.25) is 0 Å². The average molecular weight is 279 g/mol. The van der Waals surface area contributed by atoms with Gasteiger partial charge in [-0.05, 0) is 0 Å². The third-order valence-corrected chi connectivity index (χ3v) is 2.52. The number of hydrogen-bond donors (Lipinski definition) is 2. The fourth-order valence-corrected chi connectivity index (χ4v) is 1.46. The van der Waals surface area contributed by atoms with Crippen LogP contribution in [-0.2, 0) is 19.0 Å². The van der Waals surface area contributed by atoms with Crippen LogP contribution >= 0.6 is 0 Å². The van der Waals surface area contributed by atoms with Crippen molar-refractivity contribution >= 4 is 5.91 Å². The predicted molar refractivity (Wildman–Crippen MR) is 68.8 cm³/mol. The van der Waals surface area contributed by atoms with E-state index in [1.165, 1.54) is 14.0 Å². The molecule has 0 saturated carbocycles. The van der Waals surface area contributed by atoms with Gasteiger partial charge in [-0.2, -0.15) is 0 Å². The van der Waals surface area contributed by atoms with Crippen molar-refractivity contribution in [1.82, 2.24) is 4.90 Å². The highest BCUT2D eigenvalue weighted by Crippen LogP contribution is 2.01. The second-order valence-corrected chi connectivity index (χ2v) is 4.20. The molecule has 0 aliphatic heterocycles. The van der Waals surface area contributed by atoms with Crippen LogP contribution in [0.4, 0.5) is 0 Å². The molecular formula is C12H25NO6. The molecule has 0 aromatic rings. The summed E-state index contributed by atoms with van der Waals surface area (Å²) in [7, 11) is 3.10. The van der Waals surface area contributed by atoms with E-state index in [9.17, 15) is 9.90 Å². The SMILES string of the molecule is COCCN(CC(COC)OCC(O)CO)C(C)=O. The van der Waals surface area contributed by atoms with E-state index in [2.05, 4.69) is 0 Å². The Morgan fingerprint density at radius 3 is 2.42 bits per heavy atom. The van der Waals surface area contributed by atoms with E-state index in [4.69, 9.17) is 19.3 Å². The first-order valence-corrected chi connectivity index (χ1v) is 6.19. The first-order chi connectivity index (χ1) is 9.04. The fraction of sp³-hybridized carbons (Fsp3) is 0.917. The first-order valence-electron chi connectivity index (χ1n) is 6.19. The maximum Gasteiger partial charge on any atom is 0.219 e. The van der Waals surface area contributed by atoms with E-state index in [1.807, 2.05) is 0 Å². The summed E-state index contributed by atoms with van der Waals surface area (Å²) in [6.07, 6.45) is -1.28. The Morgan fingerprint density at radius 2 is 1.95 bits per heavy atom. The summed E-state index contributed by atoms with van der Waals surface area (Å²) in [4.78, 5) is 13.1. The zero-order chi connectivity index (χ0) is 14.7. The molecule has 1 amide bonds. The quantitative estimate of drug-likeness (QED) is 0.497. The van der Waals surface area contributed by atoms with Crippen LogP contribution in [0.25, 0.3) is 0 Å². The molecule has 0 rings (SSSR count). The highest BCUT2D eigenvalue weighted by Gasteiger charge is 2.18. The minimum absolute atomic E-state index is 0.000545. The lowest BCUT2D eigenvalue weighted by Gasteiger charge is -2.27. The van der Waals surface area contributed by atoms with Crippen molar-refractivity contribution in [3.05, 3.63) is 0 Å². The van der Waals surface area contributed by atoms with Gasteiger partial charge in [-0.15, -0.1) is 0 Å². The largest absolute Gasteiger partial charge is 0.394 e. The Morgan fingerprint density at radius 1 is 1.26 bits per heavy atom. The Labute approximate surface area is 114 Å². The third-order valence-electron chi connectivity index (χ3n) is 2.52. The molecule has 7 nitrogen and oxygen atoms in total. The molecule has 2 atom stereocenters. The van der Waals surface area contributed by atoms with Gasteiger partial charge in [-0.3, -0.25) is 4.79 Å². The van der Waals surface area contributed by atoms with Crippen LogP contribution in [0, 0.1) is 0 Å². The van der Waals surface area contributed by atoms with E-state index in [-0.39, 0.29) is 25.2 Å². The number of nitrogens with zero attached hydrogens (tertiary/aromatic N) is 1. The summed E-state index contributed by atoms with van der Waals surface area (Å²) >= 11 is 0. The van der Waals surface area contributed by atoms with Gasteiger partial charge in [-0.25, -0.2) is 0 Å². The number of carbonyl (C=O) groups is 1. The van der Waals surface area contributed by atoms with Crippen molar-refractivity contribution in [3.8, 4) is 0 Å². The zero-order valence-electron chi connectivity index (χ0n) is 11.9. The van der Waals surface area contributed by atoms with E-state index in [0.717, 1.165) is 0 Å². The molecule has 2 N–H and O–H groups in total.